The van der Waals surface area contributed by atoms with Gasteiger partial charge in [-0.15, -0.1) is 11.3 Å². The highest BCUT2D eigenvalue weighted by atomic mass is 127. The number of aromatic nitrogens is 1. The minimum absolute atomic E-state index is 0.0106. The summed E-state index contributed by atoms with van der Waals surface area (Å²) >= 11 is 3.80. The van der Waals surface area contributed by atoms with Crippen LogP contribution >= 0.6 is 33.9 Å². The molecule has 1 amide bonds. The number of nitrogens with one attached hydrogen (secondary N) is 2. The Morgan fingerprint density at radius 3 is 3.00 bits per heavy atom. The van der Waals surface area contributed by atoms with Crippen LogP contribution in [0, 0.1) is 2.88 Å². The number of thiophene rings is 1. The van der Waals surface area contributed by atoms with Crippen molar-refractivity contribution >= 4 is 39.8 Å². The van der Waals surface area contributed by atoms with E-state index in [0.717, 1.165) is 28.0 Å². The van der Waals surface area contributed by atoms with Crippen molar-refractivity contribution in [3.63, 3.8) is 0 Å². The summed E-state index contributed by atoms with van der Waals surface area (Å²) in [5.41, 5.74) is 1.92. The molecule has 0 spiro atoms. The fourth-order valence-electron chi connectivity index (χ4n) is 1.68. The monoisotopic (exact) mass is 401 g/mol. The molecule has 0 saturated carbocycles. The van der Waals surface area contributed by atoms with Gasteiger partial charge in [0.1, 0.15) is 0 Å². The van der Waals surface area contributed by atoms with Gasteiger partial charge in [0, 0.05) is 30.9 Å². The number of amides is 1. The lowest BCUT2D eigenvalue weighted by Crippen LogP contribution is -2.26. The van der Waals surface area contributed by atoms with Crippen LogP contribution in [0.5, 0.6) is 0 Å². The average Bonchev–Trinajstić information content (AvgIpc) is 2.90. The largest absolute Gasteiger partial charge is 0.352 e. The Morgan fingerprint density at radius 1 is 1.40 bits per heavy atom. The minimum Gasteiger partial charge on any atom is -0.352 e. The molecule has 0 unspecified atom stereocenters. The summed E-state index contributed by atoms with van der Waals surface area (Å²) in [6, 6.07) is 5.88. The van der Waals surface area contributed by atoms with Crippen LogP contribution in [0.1, 0.15) is 22.3 Å². The van der Waals surface area contributed by atoms with E-state index in [0.29, 0.717) is 6.54 Å². The molecule has 0 atom stereocenters. The first kappa shape index (κ1) is 15.4. The van der Waals surface area contributed by atoms with Crippen LogP contribution in [-0.4, -0.2) is 24.0 Å². The van der Waals surface area contributed by atoms with Gasteiger partial charge in [-0.2, -0.15) is 0 Å². The molecule has 0 aliphatic carbocycles. The van der Waals surface area contributed by atoms with Crippen molar-refractivity contribution in [3.8, 4) is 0 Å². The molecular formula is C14H16IN3OS. The van der Waals surface area contributed by atoms with E-state index in [1.807, 2.05) is 29.8 Å². The molecule has 2 heterocycles. The SMILES string of the molecule is O=C(NCCCNCc1cccnc1)c1csc(I)c1. The zero-order valence-electron chi connectivity index (χ0n) is 10.9. The van der Waals surface area contributed by atoms with Gasteiger partial charge in [0.2, 0.25) is 0 Å². The van der Waals surface area contributed by atoms with Crippen molar-refractivity contribution in [2.75, 3.05) is 13.1 Å². The molecule has 0 aromatic carbocycles. The number of hydrogen-bond donors (Lipinski definition) is 2. The highest BCUT2D eigenvalue weighted by Gasteiger charge is 2.06. The molecule has 0 saturated heterocycles. The molecule has 2 aromatic rings. The molecule has 20 heavy (non-hydrogen) atoms. The van der Waals surface area contributed by atoms with Crippen LogP contribution in [0.4, 0.5) is 0 Å². The summed E-state index contributed by atoms with van der Waals surface area (Å²) in [7, 11) is 0. The van der Waals surface area contributed by atoms with Gasteiger partial charge in [-0.1, -0.05) is 6.07 Å². The normalized spacial score (nSPS) is 10.4. The van der Waals surface area contributed by atoms with Crippen molar-refractivity contribution in [1.82, 2.24) is 15.6 Å². The molecule has 0 radical (unpaired) electrons. The molecule has 2 N–H and O–H groups in total. The molecule has 0 bridgehead atoms. The number of carbonyl (C=O) groups excluding carboxylic acids is 1. The first-order chi connectivity index (χ1) is 9.75. The quantitative estimate of drug-likeness (QED) is 0.554. The Balaban J connectivity index is 1.57. The Hall–Kier alpha value is -0.990. The highest BCUT2D eigenvalue weighted by Crippen LogP contribution is 2.16. The number of nitrogens with zero attached hydrogens (tertiary/aromatic N) is 1. The van der Waals surface area contributed by atoms with Gasteiger partial charge in [0.05, 0.1) is 8.45 Å². The molecule has 6 heteroatoms. The Morgan fingerprint density at radius 2 is 2.30 bits per heavy atom. The van der Waals surface area contributed by atoms with Crippen LogP contribution < -0.4 is 10.6 Å². The lowest BCUT2D eigenvalue weighted by atomic mass is 10.3. The van der Waals surface area contributed by atoms with Crippen molar-refractivity contribution in [1.29, 1.82) is 0 Å². The number of hydrogen-bond acceptors (Lipinski definition) is 4. The molecule has 4 nitrogen and oxygen atoms in total. The Bertz CT molecular complexity index is 544. The van der Waals surface area contributed by atoms with E-state index in [4.69, 9.17) is 0 Å². The van der Waals surface area contributed by atoms with E-state index in [-0.39, 0.29) is 5.91 Å². The number of halogens is 1. The lowest BCUT2D eigenvalue weighted by Gasteiger charge is -2.06. The zero-order valence-corrected chi connectivity index (χ0v) is 13.9. The van der Waals surface area contributed by atoms with Gasteiger partial charge in [0.15, 0.2) is 0 Å². The van der Waals surface area contributed by atoms with Crippen molar-refractivity contribution in [2.45, 2.75) is 13.0 Å². The van der Waals surface area contributed by atoms with E-state index in [1.165, 1.54) is 5.56 Å². The van der Waals surface area contributed by atoms with Gasteiger partial charge in [-0.3, -0.25) is 9.78 Å². The first-order valence-electron chi connectivity index (χ1n) is 6.37. The number of pyridine rings is 1. The minimum atomic E-state index is 0.0106. The smallest absolute Gasteiger partial charge is 0.252 e. The predicted octanol–water partition coefficient (Wildman–Crippen LogP) is 2.66. The maximum Gasteiger partial charge on any atom is 0.252 e. The molecule has 2 aromatic heterocycles. The van der Waals surface area contributed by atoms with E-state index < -0.39 is 0 Å². The van der Waals surface area contributed by atoms with Gasteiger partial charge in [-0.05, 0) is 53.3 Å². The number of carbonyl (C=O) groups is 1. The molecule has 0 fully saturated rings. The fourth-order valence-corrected chi connectivity index (χ4v) is 3.01. The van der Waals surface area contributed by atoms with Gasteiger partial charge in [0.25, 0.3) is 5.91 Å². The third-order valence-electron chi connectivity index (χ3n) is 2.70. The number of rotatable bonds is 7. The molecule has 0 aliphatic rings. The lowest BCUT2D eigenvalue weighted by molar-refractivity contribution is 0.0953. The van der Waals surface area contributed by atoms with Crippen LogP contribution in [0.2, 0.25) is 0 Å². The van der Waals surface area contributed by atoms with E-state index in [1.54, 1.807) is 17.5 Å². The highest BCUT2D eigenvalue weighted by molar-refractivity contribution is 14.1. The van der Waals surface area contributed by atoms with Crippen LogP contribution in [-0.2, 0) is 6.54 Å². The molecular weight excluding hydrogens is 385 g/mol. The van der Waals surface area contributed by atoms with Crippen molar-refractivity contribution in [3.05, 3.63) is 50.0 Å². The van der Waals surface area contributed by atoms with Crippen LogP contribution in [0.15, 0.2) is 36.0 Å². The van der Waals surface area contributed by atoms with Crippen LogP contribution in [0.3, 0.4) is 0 Å². The second-order valence-corrected chi connectivity index (χ2v) is 7.09. The zero-order chi connectivity index (χ0) is 14.2. The summed E-state index contributed by atoms with van der Waals surface area (Å²) in [5.74, 6) is 0.0106. The van der Waals surface area contributed by atoms with Crippen LogP contribution in [0.25, 0.3) is 0 Å². The van der Waals surface area contributed by atoms with Gasteiger partial charge >= 0.3 is 0 Å². The summed E-state index contributed by atoms with van der Waals surface area (Å²) in [6.45, 7) is 2.37. The standard InChI is InChI=1S/C14H16IN3OS/c15-13-7-12(10-20-13)14(19)18-6-2-5-17-9-11-3-1-4-16-8-11/h1,3-4,7-8,10,17H,2,5-6,9H2,(H,18,19). The summed E-state index contributed by atoms with van der Waals surface area (Å²) in [6.07, 6.45) is 4.53. The molecule has 2 rings (SSSR count). The summed E-state index contributed by atoms with van der Waals surface area (Å²) < 4.78 is 1.13. The predicted molar refractivity (Wildman–Crippen MR) is 89.9 cm³/mol. The van der Waals surface area contributed by atoms with Gasteiger partial charge in [-0.25, -0.2) is 0 Å². The second-order valence-electron chi connectivity index (χ2n) is 4.29. The second kappa shape index (κ2) is 8.33. The van der Waals surface area contributed by atoms with E-state index >= 15 is 0 Å². The summed E-state index contributed by atoms with van der Waals surface area (Å²) in [4.78, 5) is 15.8. The van der Waals surface area contributed by atoms with Crippen molar-refractivity contribution in [2.24, 2.45) is 0 Å². The maximum atomic E-state index is 11.8. The van der Waals surface area contributed by atoms with E-state index in [9.17, 15) is 4.79 Å². The third kappa shape index (κ3) is 5.18. The van der Waals surface area contributed by atoms with Crippen molar-refractivity contribution < 1.29 is 4.79 Å². The first-order valence-corrected chi connectivity index (χ1v) is 8.33. The fraction of sp³-hybridized carbons (Fsp3) is 0.286. The summed E-state index contributed by atoms with van der Waals surface area (Å²) in [5, 5.41) is 8.14. The molecule has 0 aliphatic heterocycles. The third-order valence-corrected chi connectivity index (χ3v) is 4.49. The average molecular weight is 401 g/mol. The molecule has 106 valence electrons. The Labute approximate surface area is 136 Å². The Kier molecular flexibility index (Phi) is 6.41. The van der Waals surface area contributed by atoms with E-state index in [2.05, 4.69) is 38.2 Å². The van der Waals surface area contributed by atoms with Gasteiger partial charge < -0.3 is 10.6 Å². The maximum absolute atomic E-state index is 11.8. The topological polar surface area (TPSA) is 54.0 Å².